The van der Waals surface area contributed by atoms with Crippen LogP contribution in [-0.4, -0.2) is 22.3 Å². The Bertz CT molecular complexity index is 595. The van der Waals surface area contributed by atoms with Crippen LogP contribution in [0.4, 0.5) is 5.69 Å². The van der Waals surface area contributed by atoms with Crippen LogP contribution in [0.5, 0.6) is 0 Å². The summed E-state index contributed by atoms with van der Waals surface area (Å²) >= 11 is 0. The predicted octanol–water partition coefficient (Wildman–Crippen LogP) is 2.64. The number of anilines is 1. The molecule has 102 valence electrons. The van der Waals surface area contributed by atoms with Crippen LogP contribution in [0.25, 0.3) is 0 Å². The van der Waals surface area contributed by atoms with Crippen LogP contribution in [0.15, 0.2) is 48.8 Å². The molecule has 0 spiro atoms. The zero-order valence-electron chi connectivity index (χ0n) is 11.2. The van der Waals surface area contributed by atoms with E-state index in [0.29, 0.717) is 11.3 Å². The topological polar surface area (TPSA) is 59.2 Å². The highest BCUT2D eigenvalue weighted by atomic mass is 16.2. The maximum Gasteiger partial charge on any atom is 0.254 e. The Labute approximate surface area is 118 Å². The van der Waals surface area contributed by atoms with Crippen molar-refractivity contribution in [2.75, 3.05) is 12.3 Å². The van der Waals surface area contributed by atoms with E-state index in [9.17, 15) is 4.79 Å². The average Bonchev–Trinajstić information content (AvgIpc) is 2.97. The van der Waals surface area contributed by atoms with Gasteiger partial charge < -0.3 is 10.6 Å². The first-order chi connectivity index (χ1) is 9.75. The molecule has 1 aromatic carbocycles. The van der Waals surface area contributed by atoms with Crippen molar-refractivity contribution in [3.8, 4) is 0 Å². The van der Waals surface area contributed by atoms with E-state index in [1.807, 2.05) is 17.0 Å². The molecule has 3 rings (SSSR count). The molecule has 1 fully saturated rings. The lowest BCUT2D eigenvalue weighted by atomic mass is 10.1. The summed E-state index contributed by atoms with van der Waals surface area (Å²) in [6.45, 7) is 0.802. The number of nitrogen functional groups attached to an aromatic ring is 1. The van der Waals surface area contributed by atoms with Gasteiger partial charge in [-0.2, -0.15) is 0 Å². The Kier molecular flexibility index (Phi) is 3.37. The van der Waals surface area contributed by atoms with Gasteiger partial charge in [-0.15, -0.1) is 0 Å². The lowest BCUT2D eigenvalue weighted by Gasteiger charge is -2.25. The van der Waals surface area contributed by atoms with Crippen molar-refractivity contribution in [2.24, 2.45) is 0 Å². The molecular formula is C16H17N3O. The Morgan fingerprint density at radius 2 is 1.85 bits per heavy atom. The molecule has 1 amide bonds. The molecule has 1 saturated heterocycles. The molecule has 2 aromatic rings. The molecule has 4 nitrogen and oxygen atoms in total. The summed E-state index contributed by atoms with van der Waals surface area (Å²) in [5.41, 5.74) is 8.19. The van der Waals surface area contributed by atoms with Crippen LogP contribution in [0, 0.1) is 0 Å². The molecule has 0 bridgehead atoms. The van der Waals surface area contributed by atoms with Gasteiger partial charge in [0.2, 0.25) is 0 Å². The quantitative estimate of drug-likeness (QED) is 0.851. The van der Waals surface area contributed by atoms with E-state index in [1.165, 1.54) is 0 Å². The molecule has 0 aliphatic carbocycles. The molecule has 1 atom stereocenters. The van der Waals surface area contributed by atoms with Gasteiger partial charge in [0.15, 0.2) is 0 Å². The van der Waals surface area contributed by atoms with Crippen molar-refractivity contribution >= 4 is 11.6 Å². The number of carbonyl (C=O) groups is 1. The third-order valence-electron chi connectivity index (χ3n) is 3.76. The van der Waals surface area contributed by atoms with Crippen molar-refractivity contribution in [2.45, 2.75) is 18.9 Å². The molecule has 0 saturated carbocycles. The van der Waals surface area contributed by atoms with Crippen LogP contribution in [0.3, 0.4) is 0 Å². The maximum absolute atomic E-state index is 12.6. The highest BCUT2D eigenvalue weighted by Gasteiger charge is 2.30. The molecule has 1 aliphatic rings. The maximum atomic E-state index is 12.6. The van der Waals surface area contributed by atoms with E-state index in [1.54, 1.807) is 36.7 Å². The zero-order valence-corrected chi connectivity index (χ0v) is 11.2. The van der Waals surface area contributed by atoms with Gasteiger partial charge in [-0.1, -0.05) is 0 Å². The van der Waals surface area contributed by atoms with E-state index in [0.717, 1.165) is 24.9 Å². The minimum atomic E-state index is 0.0734. The number of aromatic nitrogens is 1. The number of pyridine rings is 1. The first-order valence-corrected chi connectivity index (χ1v) is 6.82. The summed E-state index contributed by atoms with van der Waals surface area (Å²) in [5, 5.41) is 0. The minimum Gasteiger partial charge on any atom is -0.399 e. The summed E-state index contributed by atoms with van der Waals surface area (Å²) in [4.78, 5) is 18.6. The SMILES string of the molecule is Nc1ccc(C(=O)N2CCCC2c2ccncc2)cc1. The van der Waals surface area contributed by atoms with Crippen LogP contribution in [0.1, 0.15) is 34.8 Å². The number of benzene rings is 1. The zero-order chi connectivity index (χ0) is 13.9. The molecule has 1 unspecified atom stereocenters. The second-order valence-corrected chi connectivity index (χ2v) is 5.06. The smallest absolute Gasteiger partial charge is 0.254 e. The van der Waals surface area contributed by atoms with E-state index < -0.39 is 0 Å². The van der Waals surface area contributed by atoms with E-state index in [4.69, 9.17) is 5.73 Å². The molecule has 0 radical (unpaired) electrons. The number of carbonyl (C=O) groups excluding carboxylic acids is 1. The monoisotopic (exact) mass is 267 g/mol. The number of amides is 1. The molecule has 20 heavy (non-hydrogen) atoms. The summed E-state index contributed by atoms with van der Waals surface area (Å²) < 4.78 is 0. The second kappa shape index (κ2) is 5.33. The molecule has 1 aromatic heterocycles. The Morgan fingerprint density at radius 3 is 2.55 bits per heavy atom. The summed E-state index contributed by atoms with van der Waals surface area (Å²) in [5.74, 6) is 0.0734. The number of nitrogens with zero attached hydrogens (tertiary/aromatic N) is 2. The average molecular weight is 267 g/mol. The molecular weight excluding hydrogens is 250 g/mol. The fourth-order valence-electron chi connectivity index (χ4n) is 2.73. The third-order valence-corrected chi connectivity index (χ3v) is 3.76. The summed E-state index contributed by atoms with van der Waals surface area (Å²) in [6, 6.07) is 11.2. The molecule has 4 heteroatoms. The number of hydrogen-bond donors (Lipinski definition) is 1. The van der Waals surface area contributed by atoms with Gasteiger partial charge in [0, 0.05) is 30.2 Å². The van der Waals surface area contributed by atoms with Crippen molar-refractivity contribution < 1.29 is 4.79 Å². The van der Waals surface area contributed by atoms with Crippen molar-refractivity contribution in [1.82, 2.24) is 9.88 Å². The van der Waals surface area contributed by atoms with Gasteiger partial charge in [-0.05, 0) is 54.8 Å². The third kappa shape index (κ3) is 2.37. The fraction of sp³-hybridized carbons (Fsp3) is 0.250. The van der Waals surface area contributed by atoms with E-state index in [-0.39, 0.29) is 11.9 Å². The predicted molar refractivity (Wildman–Crippen MR) is 78.1 cm³/mol. The molecule has 1 aliphatic heterocycles. The van der Waals surface area contributed by atoms with Crippen molar-refractivity contribution in [1.29, 1.82) is 0 Å². The Hall–Kier alpha value is -2.36. The Morgan fingerprint density at radius 1 is 1.15 bits per heavy atom. The van der Waals surface area contributed by atoms with Gasteiger partial charge in [0.05, 0.1) is 6.04 Å². The van der Waals surface area contributed by atoms with Gasteiger partial charge in [-0.3, -0.25) is 9.78 Å². The van der Waals surface area contributed by atoms with E-state index in [2.05, 4.69) is 4.98 Å². The minimum absolute atomic E-state index is 0.0734. The standard InChI is InChI=1S/C16H17N3O/c17-14-5-3-13(4-6-14)16(20)19-11-1-2-15(19)12-7-9-18-10-8-12/h3-10,15H,1-2,11,17H2. The van der Waals surface area contributed by atoms with Crippen LogP contribution in [0.2, 0.25) is 0 Å². The molecule has 2 N–H and O–H groups in total. The van der Waals surface area contributed by atoms with Crippen LogP contribution >= 0.6 is 0 Å². The first kappa shape index (κ1) is 12.7. The molecule has 2 heterocycles. The van der Waals surface area contributed by atoms with Gasteiger partial charge in [-0.25, -0.2) is 0 Å². The van der Waals surface area contributed by atoms with Gasteiger partial charge in [0.25, 0.3) is 5.91 Å². The van der Waals surface area contributed by atoms with Crippen LogP contribution in [-0.2, 0) is 0 Å². The Balaban J connectivity index is 1.85. The highest BCUT2D eigenvalue weighted by molar-refractivity contribution is 5.95. The van der Waals surface area contributed by atoms with Crippen LogP contribution < -0.4 is 5.73 Å². The lowest BCUT2D eigenvalue weighted by Crippen LogP contribution is -2.30. The highest BCUT2D eigenvalue weighted by Crippen LogP contribution is 2.32. The summed E-state index contributed by atoms with van der Waals surface area (Å²) in [6.07, 6.45) is 5.59. The second-order valence-electron chi connectivity index (χ2n) is 5.06. The number of likely N-dealkylation sites (tertiary alicyclic amines) is 1. The number of hydrogen-bond acceptors (Lipinski definition) is 3. The summed E-state index contributed by atoms with van der Waals surface area (Å²) in [7, 11) is 0. The first-order valence-electron chi connectivity index (χ1n) is 6.82. The van der Waals surface area contributed by atoms with Crippen molar-refractivity contribution in [3.05, 3.63) is 59.9 Å². The van der Waals surface area contributed by atoms with E-state index >= 15 is 0 Å². The van der Waals surface area contributed by atoms with Crippen molar-refractivity contribution in [3.63, 3.8) is 0 Å². The van der Waals surface area contributed by atoms with Gasteiger partial charge in [0.1, 0.15) is 0 Å². The largest absolute Gasteiger partial charge is 0.399 e. The normalized spacial score (nSPS) is 18.2. The fourth-order valence-corrected chi connectivity index (χ4v) is 2.73. The number of rotatable bonds is 2. The van der Waals surface area contributed by atoms with Gasteiger partial charge >= 0.3 is 0 Å². The number of nitrogens with two attached hydrogens (primary N) is 1. The lowest BCUT2D eigenvalue weighted by molar-refractivity contribution is 0.0735.